The Bertz CT molecular complexity index is 1310. The number of aromatic nitrogens is 7. The largest absolute Gasteiger partial charge is 0.377 e. The fraction of sp³-hybridized carbons (Fsp3) is 0.300. The molecule has 31 heavy (non-hydrogen) atoms. The van der Waals surface area contributed by atoms with Crippen molar-refractivity contribution in [1.82, 2.24) is 35.2 Å². The van der Waals surface area contributed by atoms with E-state index >= 15 is 0 Å². The van der Waals surface area contributed by atoms with Crippen molar-refractivity contribution >= 4 is 40.0 Å². The molecule has 0 fully saturated rings. The number of hydrogen-bond acceptors (Lipinski definition) is 8. The molecule has 0 spiro atoms. The highest BCUT2D eigenvalue weighted by Crippen LogP contribution is 2.31. The van der Waals surface area contributed by atoms with Crippen LogP contribution < -0.4 is 10.9 Å². The molecule has 1 atom stereocenters. The summed E-state index contributed by atoms with van der Waals surface area (Å²) in [6, 6.07) is 7.26. The Balaban J connectivity index is 1.82. The maximum Gasteiger partial charge on any atom is 0.261 e. The minimum Gasteiger partial charge on any atom is -0.377 e. The molecule has 4 rings (SSSR count). The van der Waals surface area contributed by atoms with Gasteiger partial charge in [0.05, 0.1) is 22.6 Å². The molecular weight excluding hydrogens is 436 g/mol. The Hall–Kier alpha value is -2.98. The summed E-state index contributed by atoms with van der Waals surface area (Å²) >= 11 is 7.63. The SMILES string of the molecule is CCSc1nc2c([C@@H](C)Nc3ccc(Cl)nc3-c3nn[nH]n3)cc(C)cc2c(=O)n1C. The average molecular weight is 457 g/mol. The third kappa shape index (κ3) is 4.13. The Kier molecular flexibility index (Phi) is 5.92. The van der Waals surface area contributed by atoms with Crippen LogP contribution in [0.1, 0.15) is 31.0 Å². The number of aryl methyl sites for hydroxylation is 1. The number of benzene rings is 1. The summed E-state index contributed by atoms with van der Waals surface area (Å²) in [7, 11) is 1.76. The van der Waals surface area contributed by atoms with Gasteiger partial charge in [0, 0.05) is 12.6 Å². The van der Waals surface area contributed by atoms with Gasteiger partial charge in [0.15, 0.2) is 5.16 Å². The molecule has 0 aliphatic carbocycles. The summed E-state index contributed by atoms with van der Waals surface area (Å²) in [6.07, 6.45) is 0. The van der Waals surface area contributed by atoms with E-state index in [2.05, 4.69) is 30.9 Å². The molecule has 1 aromatic carbocycles. The van der Waals surface area contributed by atoms with Gasteiger partial charge in [-0.3, -0.25) is 9.36 Å². The lowest BCUT2D eigenvalue weighted by Gasteiger charge is -2.20. The lowest BCUT2D eigenvalue weighted by atomic mass is 10.0. The first-order valence-electron chi connectivity index (χ1n) is 9.70. The van der Waals surface area contributed by atoms with Gasteiger partial charge >= 0.3 is 0 Å². The number of tetrazole rings is 1. The Morgan fingerprint density at radius 1 is 1.29 bits per heavy atom. The second kappa shape index (κ2) is 8.64. The van der Waals surface area contributed by atoms with E-state index < -0.39 is 0 Å². The van der Waals surface area contributed by atoms with E-state index in [0.717, 1.165) is 16.9 Å². The first-order valence-corrected chi connectivity index (χ1v) is 11.1. The first kappa shape index (κ1) is 21.3. The van der Waals surface area contributed by atoms with Crippen LogP contribution in [0.15, 0.2) is 34.2 Å². The van der Waals surface area contributed by atoms with Crippen LogP contribution in [-0.2, 0) is 7.05 Å². The summed E-state index contributed by atoms with van der Waals surface area (Å²) in [5.74, 6) is 1.16. The minimum atomic E-state index is -0.185. The van der Waals surface area contributed by atoms with Crippen molar-refractivity contribution in [1.29, 1.82) is 0 Å². The molecule has 0 aliphatic heterocycles. The molecule has 2 N–H and O–H groups in total. The van der Waals surface area contributed by atoms with Gasteiger partial charge in [-0.05, 0) is 48.6 Å². The lowest BCUT2D eigenvalue weighted by Crippen LogP contribution is -2.21. The van der Waals surface area contributed by atoms with Gasteiger partial charge in [0.2, 0.25) is 5.82 Å². The highest BCUT2D eigenvalue weighted by molar-refractivity contribution is 7.99. The summed E-state index contributed by atoms with van der Waals surface area (Å²) in [6.45, 7) is 6.02. The van der Waals surface area contributed by atoms with Crippen LogP contribution in [0.25, 0.3) is 22.4 Å². The van der Waals surface area contributed by atoms with Gasteiger partial charge in [-0.15, -0.1) is 10.2 Å². The number of pyridine rings is 1. The quantitative estimate of drug-likeness (QED) is 0.256. The number of thioether (sulfide) groups is 1. The van der Waals surface area contributed by atoms with Gasteiger partial charge in [-0.25, -0.2) is 9.97 Å². The van der Waals surface area contributed by atoms with Gasteiger partial charge < -0.3 is 5.32 Å². The number of fused-ring (bicyclic) bond motifs is 1. The number of aromatic amines is 1. The van der Waals surface area contributed by atoms with Crippen LogP contribution in [-0.4, -0.2) is 40.9 Å². The summed E-state index contributed by atoms with van der Waals surface area (Å²) < 4.78 is 1.61. The fourth-order valence-corrected chi connectivity index (χ4v) is 4.25. The van der Waals surface area contributed by atoms with E-state index in [-0.39, 0.29) is 11.6 Å². The molecule has 11 heteroatoms. The van der Waals surface area contributed by atoms with Crippen molar-refractivity contribution in [2.75, 3.05) is 11.1 Å². The molecule has 0 unspecified atom stereocenters. The van der Waals surface area contributed by atoms with Crippen LogP contribution in [0.2, 0.25) is 5.15 Å². The monoisotopic (exact) mass is 456 g/mol. The first-order chi connectivity index (χ1) is 14.9. The van der Waals surface area contributed by atoms with Crippen molar-refractivity contribution in [2.45, 2.75) is 32.0 Å². The zero-order valence-electron chi connectivity index (χ0n) is 17.5. The van der Waals surface area contributed by atoms with Gasteiger partial charge in [-0.2, -0.15) is 5.21 Å². The Labute approximate surface area is 187 Å². The van der Waals surface area contributed by atoms with Crippen molar-refractivity contribution < 1.29 is 0 Å². The van der Waals surface area contributed by atoms with Crippen LogP contribution in [0.5, 0.6) is 0 Å². The van der Waals surface area contributed by atoms with Crippen molar-refractivity contribution in [2.24, 2.45) is 7.05 Å². The molecule has 3 aromatic heterocycles. The molecule has 0 saturated carbocycles. The minimum absolute atomic E-state index is 0.0567. The molecule has 9 nitrogen and oxygen atoms in total. The van der Waals surface area contributed by atoms with E-state index in [9.17, 15) is 4.79 Å². The molecule has 4 aromatic rings. The van der Waals surface area contributed by atoms with E-state index in [4.69, 9.17) is 16.6 Å². The lowest BCUT2D eigenvalue weighted by molar-refractivity contribution is 0.723. The molecule has 160 valence electrons. The molecular formula is C20H21ClN8OS. The third-order valence-corrected chi connectivity index (χ3v) is 5.97. The van der Waals surface area contributed by atoms with E-state index in [1.54, 1.807) is 29.4 Å². The Morgan fingerprint density at radius 3 is 2.81 bits per heavy atom. The topological polar surface area (TPSA) is 114 Å². The second-order valence-corrected chi connectivity index (χ2v) is 8.69. The maximum atomic E-state index is 13.0. The van der Waals surface area contributed by atoms with Gasteiger partial charge in [0.25, 0.3) is 5.56 Å². The predicted molar refractivity (Wildman–Crippen MR) is 123 cm³/mol. The van der Waals surface area contributed by atoms with Crippen molar-refractivity contribution in [3.05, 3.63) is 50.9 Å². The number of H-pyrrole nitrogens is 1. The summed E-state index contributed by atoms with van der Waals surface area (Å²) in [5.41, 5.74) is 3.71. The number of anilines is 1. The van der Waals surface area contributed by atoms with Crippen molar-refractivity contribution in [3.8, 4) is 11.5 Å². The number of nitrogens with one attached hydrogen (secondary N) is 2. The zero-order chi connectivity index (χ0) is 22.1. The molecule has 0 aliphatic rings. The molecule has 3 heterocycles. The van der Waals surface area contributed by atoms with Crippen LogP contribution >= 0.6 is 23.4 Å². The number of hydrogen-bond donors (Lipinski definition) is 2. The standard InChI is InChI=1S/C20H21ClN8OS/c1-5-31-20-24-16-12(8-10(2)9-13(16)19(30)29(20)4)11(3)22-14-6-7-15(21)23-17(14)18-25-27-28-26-18/h6-9,11,22H,5H2,1-4H3,(H,25,26,27,28)/t11-/m1/s1. The number of rotatable bonds is 6. The molecule has 0 radical (unpaired) electrons. The normalized spacial score (nSPS) is 12.3. The molecule has 0 saturated heterocycles. The van der Waals surface area contributed by atoms with Crippen LogP contribution in [0, 0.1) is 6.92 Å². The highest BCUT2D eigenvalue weighted by atomic mass is 35.5. The van der Waals surface area contributed by atoms with E-state index in [0.29, 0.717) is 38.4 Å². The molecule has 0 bridgehead atoms. The summed E-state index contributed by atoms with van der Waals surface area (Å²) in [4.78, 5) is 22.2. The Morgan fingerprint density at radius 2 is 2.10 bits per heavy atom. The second-order valence-electron chi connectivity index (χ2n) is 7.07. The van der Waals surface area contributed by atoms with Crippen molar-refractivity contribution in [3.63, 3.8) is 0 Å². The zero-order valence-corrected chi connectivity index (χ0v) is 19.0. The van der Waals surface area contributed by atoms with Crippen LogP contribution in [0.3, 0.4) is 0 Å². The van der Waals surface area contributed by atoms with Gasteiger partial charge in [-0.1, -0.05) is 36.4 Å². The van der Waals surface area contributed by atoms with Crippen LogP contribution in [0.4, 0.5) is 5.69 Å². The van der Waals surface area contributed by atoms with Gasteiger partial charge in [0.1, 0.15) is 10.8 Å². The third-order valence-electron chi connectivity index (χ3n) is 4.84. The highest BCUT2D eigenvalue weighted by Gasteiger charge is 2.19. The maximum absolute atomic E-state index is 13.0. The smallest absolute Gasteiger partial charge is 0.261 e. The van der Waals surface area contributed by atoms with E-state index in [1.165, 1.54) is 0 Å². The number of halogens is 1. The van der Waals surface area contributed by atoms with E-state index in [1.807, 2.05) is 39.0 Å². The molecule has 0 amide bonds. The fourth-order valence-electron chi connectivity index (χ4n) is 3.42. The average Bonchev–Trinajstić information content (AvgIpc) is 3.28. The predicted octanol–water partition coefficient (Wildman–Crippen LogP) is 3.76. The number of nitrogens with zero attached hydrogens (tertiary/aromatic N) is 6. The summed E-state index contributed by atoms with van der Waals surface area (Å²) in [5, 5.41) is 19.1.